The van der Waals surface area contributed by atoms with Crippen LogP contribution in [0.25, 0.3) is 11.4 Å². The molecule has 0 spiro atoms. The molecule has 0 unspecified atom stereocenters. The van der Waals surface area contributed by atoms with Crippen LogP contribution in [0.1, 0.15) is 20.7 Å². The predicted octanol–water partition coefficient (Wildman–Crippen LogP) is 2.85. The number of rotatable bonds is 4. The van der Waals surface area contributed by atoms with Crippen molar-refractivity contribution in [3.63, 3.8) is 0 Å². The van der Waals surface area contributed by atoms with E-state index >= 15 is 0 Å². The molecule has 0 fully saturated rings. The lowest BCUT2D eigenvalue weighted by Gasteiger charge is -2.15. The number of benzene rings is 2. The summed E-state index contributed by atoms with van der Waals surface area (Å²) in [6.45, 7) is 0.832. The summed E-state index contributed by atoms with van der Waals surface area (Å²) in [5, 5.41) is 0. The van der Waals surface area contributed by atoms with Gasteiger partial charge in [0.25, 0.3) is 11.8 Å². The van der Waals surface area contributed by atoms with Crippen molar-refractivity contribution in [2.45, 2.75) is 6.54 Å². The molecule has 2 amide bonds. The number of imide groups is 1. The molecule has 2 heterocycles. The maximum absolute atomic E-state index is 12.4. The van der Waals surface area contributed by atoms with Crippen LogP contribution in [0.15, 0.2) is 67.0 Å². The number of hydrogen-bond donors (Lipinski definition) is 0. The lowest BCUT2D eigenvalue weighted by atomic mass is 10.1. The highest BCUT2D eigenvalue weighted by Gasteiger charge is 2.34. The highest BCUT2D eigenvalue weighted by atomic mass is 16.2. The van der Waals surface area contributed by atoms with E-state index in [0.29, 0.717) is 24.2 Å². The van der Waals surface area contributed by atoms with Gasteiger partial charge in [-0.1, -0.05) is 42.5 Å². The molecule has 0 N–H and O–H groups in total. The van der Waals surface area contributed by atoms with Gasteiger partial charge in [0.15, 0.2) is 0 Å². The molecule has 1 aliphatic rings. The van der Waals surface area contributed by atoms with Crippen molar-refractivity contribution in [1.82, 2.24) is 14.5 Å². The van der Waals surface area contributed by atoms with Crippen molar-refractivity contribution in [3.05, 3.63) is 78.1 Å². The molecular weight excluding hydrogens is 302 g/mol. The number of imidazole rings is 1. The van der Waals surface area contributed by atoms with Crippen molar-refractivity contribution in [1.29, 1.82) is 0 Å². The van der Waals surface area contributed by atoms with Crippen LogP contribution in [0.3, 0.4) is 0 Å². The molecular formula is C19H15N3O2. The van der Waals surface area contributed by atoms with Crippen LogP contribution in [-0.2, 0) is 6.54 Å². The summed E-state index contributed by atoms with van der Waals surface area (Å²) in [5.74, 6) is 0.376. The van der Waals surface area contributed by atoms with Crippen LogP contribution in [0.2, 0.25) is 0 Å². The maximum atomic E-state index is 12.4. The number of fused-ring (bicyclic) bond motifs is 1. The quantitative estimate of drug-likeness (QED) is 0.695. The predicted molar refractivity (Wildman–Crippen MR) is 89.5 cm³/mol. The van der Waals surface area contributed by atoms with E-state index in [-0.39, 0.29) is 11.8 Å². The van der Waals surface area contributed by atoms with Gasteiger partial charge >= 0.3 is 0 Å². The third-order valence-electron chi connectivity index (χ3n) is 4.19. The van der Waals surface area contributed by atoms with Gasteiger partial charge in [0, 0.05) is 31.0 Å². The van der Waals surface area contributed by atoms with Crippen molar-refractivity contribution >= 4 is 11.8 Å². The molecule has 0 aliphatic carbocycles. The molecule has 2 aromatic carbocycles. The van der Waals surface area contributed by atoms with Crippen LogP contribution < -0.4 is 0 Å². The molecule has 0 atom stereocenters. The largest absolute Gasteiger partial charge is 0.329 e. The van der Waals surface area contributed by atoms with Gasteiger partial charge in [-0.05, 0) is 12.1 Å². The highest BCUT2D eigenvalue weighted by Crippen LogP contribution is 2.23. The van der Waals surface area contributed by atoms with E-state index in [9.17, 15) is 9.59 Å². The summed E-state index contributed by atoms with van der Waals surface area (Å²) < 4.78 is 1.96. The van der Waals surface area contributed by atoms with Crippen molar-refractivity contribution < 1.29 is 9.59 Å². The van der Waals surface area contributed by atoms with Crippen LogP contribution >= 0.6 is 0 Å². The summed E-state index contributed by atoms with van der Waals surface area (Å²) in [6.07, 6.45) is 3.59. The zero-order chi connectivity index (χ0) is 16.5. The van der Waals surface area contributed by atoms with E-state index < -0.39 is 0 Å². The summed E-state index contributed by atoms with van der Waals surface area (Å²) in [7, 11) is 0. The monoisotopic (exact) mass is 317 g/mol. The molecule has 0 saturated heterocycles. The molecule has 0 saturated carbocycles. The van der Waals surface area contributed by atoms with Gasteiger partial charge in [0.2, 0.25) is 0 Å². The molecule has 3 aromatic rings. The Morgan fingerprint density at radius 2 is 1.42 bits per heavy atom. The molecule has 1 aromatic heterocycles. The second-order valence-corrected chi connectivity index (χ2v) is 5.62. The van der Waals surface area contributed by atoms with Crippen molar-refractivity contribution in [2.24, 2.45) is 0 Å². The Morgan fingerprint density at radius 1 is 0.792 bits per heavy atom. The zero-order valence-electron chi connectivity index (χ0n) is 12.9. The van der Waals surface area contributed by atoms with Gasteiger partial charge in [-0.15, -0.1) is 0 Å². The Kier molecular flexibility index (Phi) is 3.46. The van der Waals surface area contributed by atoms with Gasteiger partial charge in [-0.25, -0.2) is 4.98 Å². The average Bonchev–Trinajstić information content (AvgIpc) is 3.19. The molecule has 1 aliphatic heterocycles. The number of carbonyl (C=O) groups is 2. The Morgan fingerprint density at radius 3 is 2.08 bits per heavy atom. The zero-order valence-corrected chi connectivity index (χ0v) is 12.9. The SMILES string of the molecule is O=C1c2ccccc2C(=O)N1CCn1ccnc1-c1ccccc1. The Balaban J connectivity index is 1.55. The van der Waals surface area contributed by atoms with E-state index in [1.807, 2.05) is 41.1 Å². The smallest absolute Gasteiger partial charge is 0.261 e. The lowest BCUT2D eigenvalue weighted by Crippen LogP contribution is -2.32. The third-order valence-corrected chi connectivity index (χ3v) is 4.19. The summed E-state index contributed by atoms with van der Waals surface area (Å²) in [5.41, 5.74) is 1.97. The number of nitrogens with zero attached hydrogens (tertiary/aromatic N) is 3. The molecule has 0 radical (unpaired) electrons. The fraction of sp³-hybridized carbons (Fsp3) is 0.105. The topological polar surface area (TPSA) is 55.2 Å². The first-order valence-electron chi connectivity index (χ1n) is 7.77. The molecule has 0 bridgehead atoms. The van der Waals surface area contributed by atoms with Crippen molar-refractivity contribution in [3.8, 4) is 11.4 Å². The van der Waals surface area contributed by atoms with E-state index in [2.05, 4.69) is 4.98 Å². The van der Waals surface area contributed by atoms with Crippen molar-refractivity contribution in [2.75, 3.05) is 6.54 Å². The highest BCUT2D eigenvalue weighted by molar-refractivity contribution is 6.21. The fourth-order valence-electron chi connectivity index (χ4n) is 2.99. The second kappa shape index (κ2) is 5.77. The molecule has 4 rings (SSSR count). The van der Waals surface area contributed by atoms with Crippen LogP contribution in [0.4, 0.5) is 0 Å². The summed E-state index contributed by atoms with van der Waals surface area (Å²) in [4.78, 5) is 30.5. The minimum absolute atomic E-state index is 0.225. The van der Waals surface area contributed by atoms with Crippen LogP contribution in [0, 0.1) is 0 Å². The lowest BCUT2D eigenvalue weighted by molar-refractivity contribution is 0.0649. The first-order valence-corrected chi connectivity index (χ1v) is 7.77. The number of aromatic nitrogens is 2. The van der Waals surface area contributed by atoms with Crippen LogP contribution in [0.5, 0.6) is 0 Å². The Hall–Kier alpha value is -3.21. The third kappa shape index (κ3) is 2.31. The standard InChI is InChI=1S/C19H15N3O2/c23-18-15-8-4-5-9-16(15)19(24)22(18)13-12-21-11-10-20-17(21)14-6-2-1-3-7-14/h1-11H,12-13H2. The van der Waals surface area contributed by atoms with Gasteiger partial charge < -0.3 is 4.57 Å². The first kappa shape index (κ1) is 14.4. The molecule has 5 heteroatoms. The van der Waals surface area contributed by atoms with E-state index in [1.54, 1.807) is 30.5 Å². The molecule has 24 heavy (non-hydrogen) atoms. The van der Waals surface area contributed by atoms with Gasteiger partial charge in [-0.2, -0.15) is 0 Å². The molecule has 5 nitrogen and oxygen atoms in total. The number of carbonyl (C=O) groups excluding carboxylic acids is 2. The summed E-state index contributed by atoms with van der Waals surface area (Å²) in [6, 6.07) is 16.8. The summed E-state index contributed by atoms with van der Waals surface area (Å²) >= 11 is 0. The number of amides is 2. The van der Waals surface area contributed by atoms with Gasteiger partial charge in [-0.3, -0.25) is 14.5 Å². The second-order valence-electron chi connectivity index (χ2n) is 5.62. The normalized spacial score (nSPS) is 13.4. The average molecular weight is 317 g/mol. The number of hydrogen-bond acceptors (Lipinski definition) is 3. The minimum atomic E-state index is -0.225. The van der Waals surface area contributed by atoms with Gasteiger partial charge in [0.1, 0.15) is 5.82 Å². The Bertz CT molecular complexity index is 880. The van der Waals surface area contributed by atoms with Crippen LogP contribution in [-0.4, -0.2) is 32.8 Å². The van der Waals surface area contributed by atoms with E-state index in [0.717, 1.165) is 11.4 Å². The van der Waals surface area contributed by atoms with Gasteiger partial charge in [0.05, 0.1) is 11.1 Å². The first-order chi connectivity index (χ1) is 11.8. The van der Waals surface area contributed by atoms with E-state index in [1.165, 1.54) is 4.90 Å². The molecule has 118 valence electrons. The Labute approximate surface area is 139 Å². The maximum Gasteiger partial charge on any atom is 0.261 e. The van der Waals surface area contributed by atoms with E-state index in [4.69, 9.17) is 0 Å². The fourth-order valence-corrected chi connectivity index (χ4v) is 2.99. The minimum Gasteiger partial charge on any atom is -0.329 e.